The van der Waals surface area contributed by atoms with Crippen molar-refractivity contribution in [3.63, 3.8) is 0 Å². The summed E-state index contributed by atoms with van der Waals surface area (Å²) >= 11 is 0. The molecule has 4 nitrogen and oxygen atoms in total. The summed E-state index contributed by atoms with van der Waals surface area (Å²) in [5.74, 6) is -3.09. The molecule has 2 aliphatic carbocycles. The van der Waals surface area contributed by atoms with Crippen LogP contribution in [-0.4, -0.2) is 17.0 Å². The first-order chi connectivity index (χ1) is 9.97. The lowest BCUT2D eigenvalue weighted by atomic mass is 9.82. The molecule has 0 aliphatic heterocycles. The van der Waals surface area contributed by atoms with E-state index < -0.39 is 23.6 Å². The van der Waals surface area contributed by atoms with Gasteiger partial charge in [-0.2, -0.15) is 0 Å². The maximum Gasteiger partial charge on any atom is 0.307 e. The molecule has 3 rings (SSSR count). The number of hydrogen-bond donors (Lipinski definition) is 2. The molecule has 1 saturated carbocycles. The van der Waals surface area contributed by atoms with Crippen molar-refractivity contribution < 1.29 is 19.1 Å². The molecule has 2 N–H and O–H groups in total. The number of hydrogen-bond acceptors (Lipinski definition) is 2. The van der Waals surface area contributed by atoms with E-state index >= 15 is 0 Å². The number of amides is 1. The molecule has 4 unspecified atom stereocenters. The summed E-state index contributed by atoms with van der Waals surface area (Å²) in [4.78, 5) is 23.9. The van der Waals surface area contributed by atoms with Crippen molar-refractivity contribution in [1.82, 2.24) is 0 Å². The van der Waals surface area contributed by atoms with Gasteiger partial charge in [0.15, 0.2) is 0 Å². The molecule has 0 heterocycles. The molecule has 1 aromatic rings. The van der Waals surface area contributed by atoms with Crippen LogP contribution < -0.4 is 5.32 Å². The molecule has 2 bridgehead atoms. The number of rotatable bonds is 3. The minimum Gasteiger partial charge on any atom is -0.481 e. The molecule has 0 radical (unpaired) electrons. The number of fused-ring (bicyclic) bond motifs is 2. The zero-order chi connectivity index (χ0) is 15.1. The number of carbonyl (C=O) groups is 2. The lowest BCUT2D eigenvalue weighted by Crippen LogP contribution is -2.36. The van der Waals surface area contributed by atoms with E-state index in [-0.39, 0.29) is 17.7 Å². The summed E-state index contributed by atoms with van der Waals surface area (Å²) in [5.41, 5.74) is 1.14. The third-order valence-corrected chi connectivity index (χ3v) is 4.50. The SMILES string of the molecule is Cc1ccc(F)cc1NC(=O)C1C2C=CC(C2)C1C(=O)O. The number of nitrogens with one attached hydrogen (secondary N) is 1. The molecule has 1 fully saturated rings. The topological polar surface area (TPSA) is 66.4 Å². The van der Waals surface area contributed by atoms with E-state index in [0.29, 0.717) is 12.1 Å². The fourth-order valence-corrected chi connectivity index (χ4v) is 3.46. The van der Waals surface area contributed by atoms with Crippen LogP contribution in [0.25, 0.3) is 0 Å². The normalized spacial score (nSPS) is 29.6. The van der Waals surface area contributed by atoms with E-state index in [0.717, 1.165) is 5.56 Å². The van der Waals surface area contributed by atoms with E-state index in [1.165, 1.54) is 12.1 Å². The number of carboxylic acids is 1. The van der Waals surface area contributed by atoms with Gasteiger partial charge in [-0.25, -0.2) is 4.39 Å². The minimum atomic E-state index is -0.942. The van der Waals surface area contributed by atoms with E-state index in [9.17, 15) is 19.1 Å². The molecular weight excluding hydrogens is 273 g/mol. The average Bonchev–Trinajstić information content (AvgIpc) is 3.03. The van der Waals surface area contributed by atoms with Gasteiger partial charge in [0.1, 0.15) is 5.82 Å². The van der Waals surface area contributed by atoms with Gasteiger partial charge < -0.3 is 10.4 Å². The number of allylic oxidation sites excluding steroid dienone is 2. The Labute approximate surface area is 121 Å². The summed E-state index contributed by atoms with van der Waals surface area (Å²) < 4.78 is 13.3. The minimum absolute atomic E-state index is 0.0371. The first-order valence-electron chi connectivity index (χ1n) is 6.95. The van der Waals surface area contributed by atoms with Crippen molar-refractivity contribution in [2.75, 3.05) is 5.32 Å². The number of benzene rings is 1. The van der Waals surface area contributed by atoms with Crippen LogP contribution in [0.3, 0.4) is 0 Å². The van der Waals surface area contributed by atoms with E-state index in [4.69, 9.17) is 0 Å². The van der Waals surface area contributed by atoms with Crippen molar-refractivity contribution in [1.29, 1.82) is 0 Å². The largest absolute Gasteiger partial charge is 0.481 e. The molecule has 110 valence electrons. The highest BCUT2D eigenvalue weighted by Gasteiger charge is 2.51. The number of carboxylic acid groups (broad SMARTS) is 1. The number of anilines is 1. The predicted molar refractivity (Wildman–Crippen MR) is 75.1 cm³/mol. The van der Waals surface area contributed by atoms with E-state index in [2.05, 4.69) is 5.32 Å². The third-order valence-electron chi connectivity index (χ3n) is 4.50. The van der Waals surface area contributed by atoms with Crippen molar-refractivity contribution in [2.45, 2.75) is 13.3 Å². The van der Waals surface area contributed by atoms with E-state index in [1.54, 1.807) is 13.0 Å². The van der Waals surface area contributed by atoms with E-state index in [1.807, 2.05) is 12.2 Å². The molecule has 0 aromatic heterocycles. The van der Waals surface area contributed by atoms with Gasteiger partial charge in [0.25, 0.3) is 0 Å². The standard InChI is InChI=1S/C16H16FNO3/c1-8-2-5-11(17)7-12(8)18-15(19)13-9-3-4-10(6-9)14(13)16(20)21/h2-5,7,9-10,13-14H,6H2,1H3,(H,18,19)(H,20,21). The smallest absolute Gasteiger partial charge is 0.307 e. The molecule has 21 heavy (non-hydrogen) atoms. The summed E-state index contributed by atoms with van der Waals surface area (Å²) in [7, 11) is 0. The fraction of sp³-hybridized carbons (Fsp3) is 0.375. The summed E-state index contributed by atoms with van der Waals surface area (Å²) in [5, 5.41) is 12.0. The van der Waals surface area contributed by atoms with Gasteiger partial charge in [-0.15, -0.1) is 0 Å². The number of aryl methyl sites for hydroxylation is 1. The summed E-state index contributed by atoms with van der Waals surface area (Å²) in [6.45, 7) is 1.77. The summed E-state index contributed by atoms with van der Waals surface area (Å²) in [6.07, 6.45) is 4.52. The number of aliphatic carboxylic acids is 1. The first kappa shape index (κ1) is 13.8. The molecule has 0 saturated heterocycles. The first-order valence-corrected chi connectivity index (χ1v) is 6.95. The van der Waals surface area contributed by atoms with Crippen LogP contribution >= 0.6 is 0 Å². The average molecular weight is 289 g/mol. The molecule has 1 amide bonds. The van der Waals surface area contributed by atoms with Gasteiger partial charge in [0.05, 0.1) is 11.8 Å². The Morgan fingerprint density at radius 1 is 1.24 bits per heavy atom. The van der Waals surface area contributed by atoms with Crippen LogP contribution in [0.5, 0.6) is 0 Å². The van der Waals surface area contributed by atoms with Crippen LogP contribution in [0.1, 0.15) is 12.0 Å². The second kappa shape index (κ2) is 4.98. The zero-order valence-electron chi connectivity index (χ0n) is 11.5. The molecular formula is C16H16FNO3. The van der Waals surface area contributed by atoms with Crippen molar-refractivity contribution in [3.05, 3.63) is 41.7 Å². The molecule has 5 heteroatoms. The van der Waals surface area contributed by atoms with Crippen LogP contribution in [-0.2, 0) is 9.59 Å². The lowest BCUT2D eigenvalue weighted by molar-refractivity contribution is -0.146. The van der Waals surface area contributed by atoms with Gasteiger partial charge in [-0.05, 0) is 42.9 Å². The van der Waals surface area contributed by atoms with Gasteiger partial charge >= 0.3 is 5.97 Å². The Hall–Kier alpha value is -2.17. The zero-order valence-corrected chi connectivity index (χ0v) is 11.5. The molecule has 4 atom stereocenters. The Balaban J connectivity index is 1.83. The maximum atomic E-state index is 13.3. The fourth-order valence-electron chi connectivity index (χ4n) is 3.46. The maximum absolute atomic E-state index is 13.3. The Bertz CT molecular complexity index is 640. The van der Waals surface area contributed by atoms with Crippen LogP contribution in [0.4, 0.5) is 10.1 Å². The lowest BCUT2D eigenvalue weighted by Gasteiger charge is -2.24. The molecule has 2 aliphatic rings. The van der Waals surface area contributed by atoms with Crippen molar-refractivity contribution in [2.24, 2.45) is 23.7 Å². The van der Waals surface area contributed by atoms with Crippen molar-refractivity contribution >= 4 is 17.6 Å². The number of halogens is 1. The summed E-state index contributed by atoms with van der Waals surface area (Å²) in [6, 6.07) is 4.16. The third kappa shape index (κ3) is 2.33. The van der Waals surface area contributed by atoms with Crippen molar-refractivity contribution in [3.8, 4) is 0 Å². The highest BCUT2D eigenvalue weighted by atomic mass is 19.1. The highest BCUT2D eigenvalue weighted by Crippen LogP contribution is 2.48. The van der Waals surface area contributed by atoms with Gasteiger partial charge in [-0.1, -0.05) is 18.2 Å². The van der Waals surface area contributed by atoms with Crippen LogP contribution in [0.2, 0.25) is 0 Å². The molecule has 0 spiro atoms. The second-order valence-corrected chi connectivity index (χ2v) is 5.79. The Kier molecular flexibility index (Phi) is 3.27. The van der Waals surface area contributed by atoms with Crippen LogP contribution in [0, 0.1) is 36.4 Å². The van der Waals surface area contributed by atoms with Crippen LogP contribution in [0.15, 0.2) is 30.4 Å². The quantitative estimate of drug-likeness (QED) is 0.841. The highest BCUT2D eigenvalue weighted by molar-refractivity contribution is 5.96. The Morgan fingerprint density at radius 3 is 2.57 bits per heavy atom. The number of carbonyl (C=O) groups excluding carboxylic acids is 1. The monoisotopic (exact) mass is 289 g/mol. The second-order valence-electron chi connectivity index (χ2n) is 5.79. The Morgan fingerprint density at radius 2 is 1.90 bits per heavy atom. The molecule has 1 aromatic carbocycles. The van der Waals surface area contributed by atoms with Gasteiger partial charge in [0, 0.05) is 5.69 Å². The van der Waals surface area contributed by atoms with Gasteiger partial charge in [-0.3, -0.25) is 9.59 Å². The van der Waals surface area contributed by atoms with Gasteiger partial charge in [0.2, 0.25) is 5.91 Å². The predicted octanol–water partition coefficient (Wildman–Crippen LogP) is 2.60.